The van der Waals surface area contributed by atoms with Crippen molar-refractivity contribution in [3.63, 3.8) is 0 Å². The van der Waals surface area contributed by atoms with E-state index >= 15 is 0 Å². The largest absolute Gasteiger partial charge is 0.394 e. The van der Waals surface area contributed by atoms with Crippen molar-refractivity contribution >= 4 is 5.91 Å². The molecule has 0 spiro atoms. The number of hydrogen-bond donors (Lipinski definition) is 12. The molecule has 17 unspecified atom stereocenters. The number of rotatable bonds is 63. The van der Waals surface area contributed by atoms with Crippen LogP contribution in [0.4, 0.5) is 0 Å². The van der Waals surface area contributed by atoms with Gasteiger partial charge in [-0.3, -0.25) is 4.79 Å². The molecule has 3 saturated heterocycles. The van der Waals surface area contributed by atoms with E-state index in [2.05, 4.69) is 104 Å². The fourth-order valence-corrected chi connectivity index (χ4v) is 13.3. The lowest BCUT2D eigenvalue weighted by Gasteiger charge is -2.48. The standard InChI is InChI=1S/C82H145NO18/c1-3-5-7-9-11-13-15-17-19-20-21-22-23-24-25-26-27-28-29-30-31-32-33-34-35-36-37-38-39-40-41-42-43-44-46-48-50-52-54-56-58-60-70(88)83-65(66(87)59-57-55-53-51-49-47-45-18-16-14-12-10-8-6-4-2)64-96-80-76(94)73(91)78(68(62-85)98-80)101-82-77(95)74(92)79(69(63-86)99-82)100-81-75(93)72(90)71(89)67(61-84)97-81/h5,7,11,13,17,19,21-22,24-25,27-28,30-31,65-69,71-82,84-87,89-95H,3-4,6,8-10,12,14-16,18,20,23,26,29,32-64H2,1-2H3,(H,83,88)/b7-5-,13-11-,19-17-,22-21-,25-24-,28-27-,31-30-. The van der Waals surface area contributed by atoms with E-state index in [9.17, 15) is 61.0 Å². The Balaban J connectivity index is 1.29. The van der Waals surface area contributed by atoms with Gasteiger partial charge in [0.1, 0.15) is 73.2 Å². The van der Waals surface area contributed by atoms with Gasteiger partial charge >= 0.3 is 0 Å². The van der Waals surface area contributed by atoms with Gasteiger partial charge in [-0.25, -0.2) is 0 Å². The Kier molecular flexibility index (Phi) is 56.6. The minimum Gasteiger partial charge on any atom is -0.394 e. The van der Waals surface area contributed by atoms with E-state index in [1.807, 2.05) is 0 Å². The summed E-state index contributed by atoms with van der Waals surface area (Å²) >= 11 is 0. The van der Waals surface area contributed by atoms with Crippen LogP contribution in [0.5, 0.6) is 0 Å². The molecule has 19 heteroatoms. The van der Waals surface area contributed by atoms with Crippen LogP contribution >= 0.6 is 0 Å². The second-order valence-electron chi connectivity index (χ2n) is 28.5. The number of aliphatic hydroxyl groups is 11. The minimum absolute atomic E-state index is 0.241. The summed E-state index contributed by atoms with van der Waals surface area (Å²) in [7, 11) is 0. The van der Waals surface area contributed by atoms with Crippen molar-refractivity contribution in [3.8, 4) is 0 Å². The Labute approximate surface area is 610 Å². The lowest BCUT2D eigenvalue weighted by Crippen LogP contribution is -2.66. The molecule has 1 amide bonds. The molecular formula is C82H145NO18. The molecule has 0 bridgehead atoms. The van der Waals surface area contributed by atoms with E-state index < -0.39 is 124 Å². The first-order chi connectivity index (χ1) is 49.3. The summed E-state index contributed by atoms with van der Waals surface area (Å²) in [6.07, 6.45) is 55.4. The van der Waals surface area contributed by atoms with Gasteiger partial charge in [-0.15, -0.1) is 0 Å². The SMILES string of the molecule is CC/C=C\C/C=C\C/C=C\C/C=C\C/C=C\C/C=C\C/C=C\CCCCCCCCCCCCCCCCCCCCCC(=O)NC(COC1OC(CO)C(OC2OC(CO)C(OC3OC(CO)C(O)C(O)C3O)C(O)C2O)C(O)C1O)C(O)CCCCCCCCCCCCCCCCC. The Bertz CT molecular complexity index is 2150. The maximum absolute atomic E-state index is 13.5. The number of carbonyl (C=O) groups excluding carboxylic acids is 1. The number of amides is 1. The number of unbranched alkanes of at least 4 members (excludes halogenated alkanes) is 33. The molecule has 0 aromatic heterocycles. The Hall–Kier alpha value is -3.03. The first kappa shape index (κ1) is 92.2. The highest BCUT2D eigenvalue weighted by atomic mass is 16.8. The molecule has 12 N–H and O–H groups in total. The molecule has 3 aliphatic rings. The van der Waals surface area contributed by atoms with Crippen molar-refractivity contribution in [1.82, 2.24) is 5.32 Å². The van der Waals surface area contributed by atoms with Crippen LogP contribution in [0.2, 0.25) is 0 Å². The summed E-state index contributed by atoms with van der Waals surface area (Å²) in [5.41, 5.74) is 0. The van der Waals surface area contributed by atoms with E-state index in [-0.39, 0.29) is 18.9 Å². The Morgan fingerprint density at radius 2 is 0.683 bits per heavy atom. The third-order valence-electron chi connectivity index (χ3n) is 19.7. The van der Waals surface area contributed by atoms with Gasteiger partial charge in [0.2, 0.25) is 5.91 Å². The number of ether oxygens (including phenoxy) is 6. The maximum atomic E-state index is 13.5. The number of hydrogen-bond acceptors (Lipinski definition) is 18. The highest BCUT2D eigenvalue weighted by Crippen LogP contribution is 2.33. The molecule has 3 rings (SSSR count). The van der Waals surface area contributed by atoms with Crippen molar-refractivity contribution in [3.05, 3.63) is 85.1 Å². The molecule has 3 aliphatic heterocycles. The van der Waals surface area contributed by atoms with Crippen molar-refractivity contribution in [1.29, 1.82) is 0 Å². The van der Waals surface area contributed by atoms with Crippen LogP contribution in [-0.4, -0.2) is 193 Å². The number of allylic oxidation sites excluding steroid dienone is 14. The van der Waals surface area contributed by atoms with Gasteiger partial charge in [0.25, 0.3) is 0 Å². The maximum Gasteiger partial charge on any atom is 0.220 e. The third-order valence-corrected chi connectivity index (χ3v) is 19.7. The Morgan fingerprint density at radius 3 is 1.07 bits per heavy atom. The summed E-state index contributed by atoms with van der Waals surface area (Å²) < 4.78 is 34.5. The molecule has 0 aromatic rings. The number of aliphatic hydroxyl groups excluding tert-OH is 11. The van der Waals surface area contributed by atoms with Crippen LogP contribution < -0.4 is 5.32 Å². The van der Waals surface area contributed by atoms with Crippen molar-refractivity contribution in [2.45, 2.75) is 401 Å². The number of carbonyl (C=O) groups is 1. The van der Waals surface area contributed by atoms with Crippen molar-refractivity contribution < 1.29 is 89.4 Å². The van der Waals surface area contributed by atoms with Gasteiger partial charge in [-0.2, -0.15) is 0 Å². The topological polar surface area (TPSA) is 307 Å². The second kappa shape index (κ2) is 62.1. The van der Waals surface area contributed by atoms with Gasteiger partial charge in [0.05, 0.1) is 38.6 Å². The highest BCUT2D eigenvalue weighted by molar-refractivity contribution is 5.76. The molecule has 0 saturated carbocycles. The normalized spacial score (nSPS) is 26.8. The van der Waals surface area contributed by atoms with Crippen LogP contribution in [-0.2, 0) is 33.2 Å². The molecule has 3 fully saturated rings. The predicted octanol–water partition coefficient (Wildman–Crippen LogP) is 13.4. The molecule has 586 valence electrons. The fourth-order valence-electron chi connectivity index (χ4n) is 13.3. The van der Waals surface area contributed by atoms with E-state index in [4.69, 9.17) is 28.4 Å². The zero-order valence-corrected chi connectivity index (χ0v) is 62.6. The Morgan fingerprint density at radius 1 is 0.366 bits per heavy atom. The van der Waals surface area contributed by atoms with E-state index in [0.29, 0.717) is 12.8 Å². The first-order valence-corrected chi connectivity index (χ1v) is 40.3. The molecule has 19 nitrogen and oxygen atoms in total. The summed E-state index contributed by atoms with van der Waals surface area (Å²) in [5, 5.41) is 121. The third kappa shape index (κ3) is 42.2. The van der Waals surface area contributed by atoms with Crippen LogP contribution in [0.15, 0.2) is 85.1 Å². The van der Waals surface area contributed by atoms with E-state index in [1.165, 1.54) is 173 Å². The average Bonchev–Trinajstić information content (AvgIpc) is 0.782. The molecule has 101 heavy (non-hydrogen) atoms. The molecule has 0 aromatic carbocycles. The summed E-state index contributed by atoms with van der Waals surface area (Å²) in [6.45, 7) is 1.70. The highest BCUT2D eigenvalue weighted by Gasteiger charge is 2.54. The van der Waals surface area contributed by atoms with Crippen LogP contribution in [0.1, 0.15) is 296 Å². The monoisotopic (exact) mass is 1430 g/mol. The van der Waals surface area contributed by atoms with Crippen molar-refractivity contribution in [2.24, 2.45) is 0 Å². The summed E-state index contributed by atoms with van der Waals surface area (Å²) in [4.78, 5) is 13.5. The van der Waals surface area contributed by atoms with Gasteiger partial charge in [0.15, 0.2) is 18.9 Å². The fraction of sp³-hybridized carbons (Fsp3) is 0.817. The minimum atomic E-state index is -1.97. The molecule has 0 radical (unpaired) electrons. The average molecular weight is 1430 g/mol. The van der Waals surface area contributed by atoms with Crippen LogP contribution in [0, 0.1) is 0 Å². The van der Waals surface area contributed by atoms with E-state index in [1.54, 1.807) is 0 Å². The first-order valence-electron chi connectivity index (χ1n) is 40.3. The van der Waals surface area contributed by atoms with Gasteiger partial charge in [0, 0.05) is 6.42 Å². The zero-order chi connectivity index (χ0) is 73.2. The van der Waals surface area contributed by atoms with Crippen LogP contribution in [0.3, 0.4) is 0 Å². The van der Waals surface area contributed by atoms with Gasteiger partial charge < -0.3 is 89.9 Å². The van der Waals surface area contributed by atoms with Gasteiger partial charge in [-0.05, 0) is 70.6 Å². The lowest BCUT2D eigenvalue weighted by molar-refractivity contribution is -0.379. The second-order valence-corrected chi connectivity index (χ2v) is 28.5. The van der Waals surface area contributed by atoms with Gasteiger partial charge in [-0.1, -0.05) is 304 Å². The summed E-state index contributed by atoms with van der Waals surface area (Å²) in [6, 6.07) is -0.889. The zero-order valence-electron chi connectivity index (χ0n) is 62.6. The lowest BCUT2D eigenvalue weighted by atomic mass is 9.96. The van der Waals surface area contributed by atoms with Crippen molar-refractivity contribution in [2.75, 3.05) is 26.4 Å². The quantitative estimate of drug-likeness (QED) is 0.0199. The predicted molar refractivity (Wildman–Crippen MR) is 401 cm³/mol. The van der Waals surface area contributed by atoms with Crippen LogP contribution in [0.25, 0.3) is 0 Å². The molecule has 0 aliphatic carbocycles. The summed E-state index contributed by atoms with van der Waals surface area (Å²) in [5.74, 6) is -0.241. The molecule has 17 atom stereocenters. The number of nitrogens with one attached hydrogen (secondary N) is 1. The van der Waals surface area contributed by atoms with E-state index in [0.717, 1.165) is 89.9 Å². The molecular weight excluding hydrogens is 1290 g/mol. The smallest absolute Gasteiger partial charge is 0.220 e. The molecule has 3 heterocycles.